The van der Waals surface area contributed by atoms with Gasteiger partial charge in [0, 0.05) is 5.41 Å². The molecule has 1 nitrogen and oxygen atoms in total. The van der Waals surface area contributed by atoms with Crippen LogP contribution in [0, 0.1) is 5.41 Å². The van der Waals surface area contributed by atoms with Crippen LogP contribution in [0.3, 0.4) is 0 Å². The molecule has 0 aromatic carbocycles. The Kier molecular flexibility index (Phi) is 1.90. The van der Waals surface area contributed by atoms with E-state index in [0.717, 1.165) is 17.7 Å². The highest BCUT2D eigenvalue weighted by Crippen LogP contribution is 2.46. The lowest BCUT2D eigenvalue weighted by Gasteiger charge is -2.00. The van der Waals surface area contributed by atoms with E-state index in [1.165, 1.54) is 0 Å². The number of ketones is 1. The summed E-state index contributed by atoms with van der Waals surface area (Å²) in [6.07, 6.45) is 3.71. The molecule has 1 rings (SSSR count). The van der Waals surface area contributed by atoms with Crippen LogP contribution in [-0.4, -0.2) is 5.78 Å². The largest absolute Gasteiger partial charge is 0.294 e. The lowest BCUT2D eigenvalue weighted by atomic mass is 10.0. The van der Waals surface area contributed by atoms with Gasteiger partial charge in [-0.3, -0.25) is 4.79 Å². The summed E-state index contributed by atoms with van der Waals surface area (Å²) in [7, 11) is 0. The van der Waals surface area contributed by atoms with Crippen molar-refractivity contribution in [2.45, 2.75) is 26.7 Å². The molecule has 0 spiro atoms. The fraction of sp³-hybridized carbons (Fsp3) is 0.625. The van der Waals surface area contributed by atoms with E-state index in [4.69, 9.17) is 0 Å². The third kappa shape index (κ3) is 1.63. The fourth-order valence-electron chi connectivity index (χ4n) is 0.798. The van der Waals surface area contributed by atoms with E-state index in [2.05, 4.69) is 12.6 Å². The molecule has 0 aliphatic heterocycles. The maximum atomic E-state index is 11.2. The molecule has 0 amide bonds. The fourth-order valence-corrected chi connectivity index (χ4v) is 0.915. The highest BCUT2D eigenvalue weighted by Gasteiger charge is 2.43. The molecule has 0 unspecified atom stereocenters. The molecule has 1 fully saturated rings. The second kappa shape index (κ2) is 2.42. The number of allylic oxidation sites excluding steroid dienone is 2. The zero-order valence-corrected chi connectivity index (χ0v) is 7.24. The number of thiol groups is 1. The lowest BCUT2D eigenvalue weighted by Crippen LogP contribution is -2.07. The molecule has 0 N–H and O–H groups in total. The van der Waals surface area contributed by atoms with Crippen LogP contribution in [0.1, 0.15) is 26.7 Å². The Hall–Kier alpha value is -0.240. The zero-order chi connectivity index (χ0) is 7.78. The Labute approximate surface area is 66.9 Å². The molecular weight excluding hydrogens is 144 g/mol. The van der Waals surface area contributed by atoms with Gasteiger partial charge in [-0.2, -0.15) is 0 Å². The maximum absolute atomic E-state index is 11.2. The SMILES string of the molecule is C/C(S)=C/C(=O)C1(C)CC1. The molecule has 0 saturated heterocycles. The van der Waals surface area contributed by atoms with Gasteiger partial charge < -0.3 is 0 Å². The first-order valence-electron chi connectivity index (χ1n) is 3.46. The van der Waals surface area contributed by atoms with Crippen LogP contribution in [0.2, 0.25) is 0 Å². The summed E-state index contributed by atoms with van der Waals surface area (Å²) in [5, 5.41) is 0. The molecule has 0 aromatic rings. The van der Waals surface area contributed by atoms with Crippen LogP contribution in [0.4, 0.5) is 0 Å². The monoisotopic (exact) mass is 156 g/mol. The van der Waals surface area contributed by atoms with Crippen LogP contribution >= 0.6 is 12.6 Å². The van der Waals surface area contributed by atoms with Crippen LogP contribution in [0.15, 0.2) is 11.0 Å². The predicted octanol–water partition coefficient (Wildman–Crippen LogP) is 2.19. The minimum atomic E-state index is -0.0238. The topological polar surface area (TPSA) is 17.1 Å². The molecule has 10 heavy (non-hydrogen) atoms. The van der Waals surface area contributed by atoms with Crippen molar-refractivity contribution in [3.05, 3.63) is 11.0 Å². The molecule has 0 bridgehead atoms. The van der Waals surface area contributed by atoms with Gasteiger partial charge in [0.05, 0.1) is 0 Å². The molecule has 1 saturated carbocycles. The van der Waals surface area contributed by atoms with E-state index in [0.29, 0.717) is 0 Å². The smallest absolute Gasteiger partial charge is 0.162 e. The summed E-state index contributed by atoms with van der Waals surface area (Å²) < 4.78 is 0. The third-order valence-electron chi connectivity index (χ3n) is 1.93. The van der Waals surface area contributed by atoms with Crippen molar-refractivity contribution >= 4 is 18.4 Å². The van der Waals surface area contributed by atoms with E-state index in [9.17, 15) is 4.79 Å². The summed E-state index contributed by atoms with van der Waals surface area (Å²) in [5.74, 6) is 0.236. The van der Waals surface area contributed by atoms with Crippen LogP contribution < -0.4 is 0 Å². The lowest BCUT2D eigenvalue weighted by molar-refractivity contribution is -0.118. The zero-order valence-electron chi connectivity index (χ0n) is 6.35. The molecule has 0 heterocycles. The van der Waals surface area contributed by atoms with Crippen molar-refractivity contribution in [3.8, 4) is 0 Å². The first kappa shape index (κ1) is 7.86. The Balaban J connectivity index is 2.59. The summed E-state index contributed by atoms with van der Waals surface area (Å²) >= 11 is 4.04. The Bertz CT molecular complexity index is 185. The van der Waals surface area contributed by atoms with Crippen molar-refractivity contribution in [2.75, 3.05) is 0 Å². The highest BCUT2D eigenvalue weighted by atomic mass is 32.1. The molecule has 0 aromatic heterocycles. The van der Waals surface area contributed by atoms with Gasteiger partial charge in [0.25, 0.3) is 0 Å². The first-order valence-corrected chi connectivity index (χ1v) is 3.91. The summed E-state index contributed by atoms with van der Waals surface area (Å²) in [6.45, 7) is 3.83. The van der Waals surface area contributed by atoms with Gasteiger partial charge in [-0.15, -0.1) is 12.6 Å². The third-order valence-corrected chi connectivity index (χ3v) is 2.06. The van der Waals surface area contributed by atoms with Crippen molar-refractivity contribution in [3.63, 3.8) is 0 Å². The Morgan fingerprint density at radius 2 is 2.10 bits per heavy atom. The molecule has 0 atom stereocenters. The number of rotatable bonds is 2. The van der Waals surface area contributed by atoms with Gasteiger partial charge in [0.15, 0.2) is 5.78 Å². The summed E-state index contributed by atoms with van der Waals surface area (Å²) in [4.78, 5) is 12.0. The molecule has 56 valence electrons. The van der Waals surface area contributed by atoms with E-state index < -0.39 is 0 Å². The summed E-state index contributed by atoms with van der Waals surface area (Å²) in [6, 6.07) is 0. The molecule has 1 aliphatic rings. The Morgan fingerprint density at radius 3 is 2.40 bits per heavy atom. The van der Waals surface area contributed by atoms with Crippen molar-refractivity contribution < 1.29 is 4.79 Å². The normalized spacial score (nSPS) is 22.5. The number of carbonyl (C=O) groups excluding carboxylic acids is 1. The average molecular weight is 156 g/mol. The van der Waals surface area contributed by atoms with Crippen LogP contribution in [-0.2, 0) is 4.79 Å². The van der Waals surface area contributed by atoms with Crippen molar-refractivity contribution in [2.24, 2.45) is 5.41 Å². The number of hydrogen-bond acceptors (Lipinski definition) is 2. The standard InChI is InChI=1S/C8H12OS/c1-6(10)5-7(9)8(2)3-4-8/h5,10H,3-4H2,1-2H3/b6-5-. The van der Waals surface area contributed by atoms with E-state index in [-0.39, 0.29) is 11.2 Å². The maximum Gasteiger partial charge on any atom is 0.162 e. The minimum absolute atomic E-state index is 0.0238. The second-order valence-corrected chi connectivity index (χ2v) is 3.92. The van der Waals surface area contributed by atoms with Crippen LogP contribution in [0.25, 0.3) is 0 Å². The second-order valence-electron chi connectivity index (χ2n) is 3.21. The van der Waals surface area contributed by atoms with Gasteiger partial charge in [0.1, 0.15) is 0 Å². The van der Waals surface area contributed by atoms with Crippen molar-refractivity contribution in [1.82, 2.24) is 0 Å². The van der Waals surface area contributed by atoms with E-state index in [1.54, 1.807) is 6.08 Å². The van der Waals surface area contributed by atoms with Gasteiger partial charge in [0.2, 0.25) is 0 Å². The van der Waals surface area contributed by atoms with E-state index in [1.807, 2.05) is 13.8 Å². The quantitative estimate of drug-likeness (QED) is 0.479. The molecular formula is C8H12OS. The van der Waals surface area contributed by atoms with Gasteiger partial charge in [-0.1, -0.05) is 6.92 Å². The molecule has 0 radical (unpaired) electrons. The average Bonchev–Trinajstić information content (AvgIpc) is 2.47. The number of carbonyl (C=O) groups is 1. The summed E-state index contributed by atoms with van der Waals surface area (Å²) in [5.41, 5.74) is -0.0238. The van der Waals surface area contributed by atoms with Crippen molar-refractivity contribution in [1.29, 1.82) is 0 Å². The molecule has 1 aliphatic carbocycles. The number of hydrogen-bond donors (Lipinski definition) is 1. The van der Waals surface area contributed by atoms with E-state index >= 15 is 0 Å². The highest BCUT2D eigenvalue weighted by molar-refractivity contribution is 7.84. The van der Waals surface area contributed by atoms with Gasteiger partial charge in [-0.25, -0.2) is 0 Å². The van der Waals surface area contributed by atoms with Gasteiger partial charge >= 0.3 is 0 Å². The Morgan fingerprint density at radius 1 is 1.60 bits per heavy atom. The first-order chi connectivity index (χ1) is 4.54. The van der Waals surface area contributed by atoms with Gasteiger partial charge in [-0.05, 0) is 30.7 Å². The minimum Gasteiger partial charge on any atom is -0.294 e. The predicted molar refractivity (Wildman–Crippen MR) is 45.1 cm³/mol. The molecule has 2 heteroatoms. The van der Waals surface area contributed by atoms with Crippen LogP contribution in [0.5, 0.6) is 0 Å².